The fraction of sp³-hybridized carbons (Fsp3) is 0.909. The van der Waals surface area contributed by atoms with Gasteiger partial charge in [0.25, 0.3) is 0 Å². The van der Waals surface area contributed by atoms with Crippen molar-refractivity contribution in [3.63, 3.8) is 0 Å². The Kier molecular flexibility index (Phi) is 4.32. The molecule has 2 N–H and O–H groups in total. The molecule has 0 aromatic heterocycles. The molecule has 1 amide bonds. The molecule has 0 saturated carbocycles. The van der Waals surface area contributed by atoms with Crippen LogP contribution in [-0.2, 0) is 4.79 Å². The molecule has 0 radical (unpaired) electrons. The Hall–Kier alpha value is -0.220. The summed E-state index contributed by atoms with van der Waals surface area (Å²) >= 11 is 1.82. The van der Waals surface area contributed by atoms with E-state index in [1.807, 2.05) is 11.8 Å². The van der Waals surface area contributed by atoms with Gasteiger partial charge in [-0.25, -0.2) is 0 Å². The topological polar surface area (TPSA) is 41.1 Å². The summed E-state index contributed by atoms with van der Waals surface area (Å²) < 4.78 is 0. The van der Waals surface area contributed by atoms with Crippen molar-refractivity contribution in [3.05, 3.63) is 0 Å². The fourth-order valence-electron chi connectivity index (χ4n) is 2.22. The summed E-state index contributed by atoms with van der Waals surface area (Å²) in [5, 5.41) is 6.69. The first-order valence-electron chi connectivity index (χ1n) is 5.99. The second-order valence-electron chi connectivity index (χ2n) is 4.39. The van der Waals surface area contributed by atoms with Crippen molar-refractivity contribution < 1.29 is 4.79 Å². The maximum atomic E-state index is 11.8. The van der Waals surface area contributed by atoms with E-state index < -0.39 is 0 Å². The summed E-state index contributed by atoms with van der Waals surface area (Å²) in [6, 6.07) is 0.516. The smallest absolute Gasteiger partial charge is 0.233 e. The molecule has 86 valence electrons. The molecule has 2 unspecified atom stereocenters. The van der Waals surface area contributed by atoms with Gasteiger partial charge in [0.05, 0.1) is 5.25 Å². The SMILES string of the molecule is O=C(NCC1CCCN1)C1CCCCS1. The minimum Gasteiger partial charge on any atom is -0.354 e. The van der Waals surface area contributed by atoms with Crippen LogP contribution in [0.3, 0.4) is 0 Å². The predicted octanol–water partition coefficient (Wildman–Crippen LogP) is 1.14. The number of carbonyl (C=O) groups is 1. The van der Waals surface area contributed by atoms with Gasteiger partial charge in [-0.05, 0) is 38.0 Å². The number of thioether (sulfide) groups is 1. The van der Waals surface area contributed by atoms with E-state index in [9.17, 15) is 4.79 Å². The van der Waals surface area contributed by atoms with E-state index in [1.54, 1.807) is 0 Å². The van der Waals surface area contributed by atoms with Crippen LogP contribution in [-0.4, -0.2) is 36.0 Å². The summed E-state index contributed by atoms with van der Waals surface area (Å²) in [7, 11) is 0. The Balaban J connectivity index is 1.66. The molecule has 2 heterocycles. The lowest BCUT2D eigenvalue weighted by Gasteiger charge is -2.21. The van der Waals surface area contributed by atoms with Crippen LogP contribution in [0.1, 0.15) is 32.1 Å². The summed E-state index contributed by atoms with van der Waals surface area (Å²) in [6.45, 7) is 1.93. The normalized spacial score (nSPS) is 31.5. The van der Waals surface area contributed by atoms with Crippen molar-refractivity contribution >= 4 is 17.7 Å². The van der Waals surface area contributed by atoms with Crippen molar-refractivity contribution in [2.75, 3.05) is 18.8 Å². The molecule has 0 spiro atoms. The Bertz CT molecular complexity index is 211. The van der Waals surface area contributed by atoms with E-state index in [4.69, 9.17) is 0 Å². The highest BCUT2D eigenvalue weighted by molar-refractivity contribution is 8.00. The zero-order valence-electron chi connectivity index (χ0n) is 9.13. The maximum absolute atomic E-state index is 11.8. The highest BCUT2D eigenvalue weighted by Gasteiger charge is 2.22. The summed E-state index contributed by atoms with van der Waals surface area (Å²) in [4.78, 5) is 11.8. The first-order chi connectivity index (χ1) is 7.36. The molecule has 15 heavy (non-hydrogen) atoms. The molecule has 0 aromatic carbocycles. The van der Waals surface area contributed by atoms with Crippen molar-refractivity contribution in [1.82, 2.24) is 10.6 Å². The molecule has 0 aromatic rings. The van der Waals surface area contributed by atoms with Crippen LogP contribution in [0.2, 0.25) is 0 Å². The van der Waals surface area contributed by atoms with Crippen LogP contribution < -0.4 is 10.6 Å². The quantitative estimate of drug-likeness (QED) is 0.761. The second kappa shape index (κ2) is 5.75. The van der Waals surface area contributed by atoms with Gasteiger partial charge in [-0.1, -0.05) is 6.42 Å². The minimum absolute atomic E-state index is 0.222. The average Bonchev–Trinajstić information content (AvgIpc) is 2.80. The highest BCUT2D eigenvalue weighted by atomic mass is 32.2. The standard InChI is InChI=1S/C11H20N2OS/c14-11(10-5-1-2-7-15-10)13-8-9-4-3-6-12-9/h9-10,12H,1-8H2,(H,13,14). The number of amides is 1. The van der Waals surface area contributed by atoms with Crippen LogP contribution in [0.25, 0.3) is 0 Å². The average molecular weight is 228 g/mol. The molecule has 2 atom stereocenters. The van der Waals surface area contributed by atoms with Crippen molar-refractivity contribution in [2.45, 2.75) is 43.4 Å². The molecular formula is C11H20N2OS. The van der Waals surface area contributed by atoms with Gasteiger partial charge in [-0.15, -0.1) is 11.8 Å². The van der Waals surface area contributed by atoms with Crippen LogP contribution in [0.4, 0.5) is 0 Å². The van der Waals surface area contributed by atoms with Gasteiger partial charge in [-0.2, -0.15) is 0 Å². The van der Waals surface area contributed by atoms with Gasteiger partial charge in [0, 0.05) is 12.6 Å². The third-order valence-electron chi connectivity index (χ3n) is 3.16. The molecule has 3 nitrogen and oxygen atoms in total. The lowest BCUT2D eigenvalue weighted by atomic mass is 10.1. The lowest BCUT2D eigenvalue weighted by Crippen LogP contribution is -2.41. The number of nitrogens with one attached hydrogen (secondary N) is 2. The van der Waals surface area contributed by atoms with Gasteiger partial charge in [-0.3, -0.25) is 4.79 Å². The Morgan fingerprint density at radius 3 is 2.93 bits per heavy atom. The largest absolute Gasteiger partial charge is 0.354 e. The first-order valence-corrected chi connectivity index (χ1v) is 7.04. The van der Waals surface area contributed by atoms with E-state index >= 15 is 0 Å². The Morgan fingerprint density at radius 1 is 1.33 bits per heavy atom. The van der Waals surface area contributed by atoms with Crippen molar-refractivity contribution in [2.24, 2.45) is 0 Å². The minimum atomic E-state index is 0.222. The predicted molar refractivity (Wildman–Crippen MR) is 64.1 cm³/mol. The Labute approximate surface area is 95.8 Å². The van der Waals surface area contributed by atoms with Gasteiger partial charge in [0.2, 0.25) is 5.91 Å². The maximum Gasteiger partial charge on any atom is 0.233 e. The van der Waals surface area contributed by atoms with Crippen LogP contribution in [0.5, 0.6) is 0 Å². The second-order valence-corrected chi connectivity index (χ2v) is 5.70. The molecule has 2 rings (SSSR count). The van der Waals surface area contributed by atoms with E-state index in [2.05, 4.69) is 10.6 Å². The van der Waals surface area contributed by atoms with Crippen LogP contribution in [0.15, 0.2) is 0 Å². The van der Waals surface area contributed by atoms with E-state index in [-0.39, 0.29) is 11.2 Å². The molecule has 2 fully saturated rings. The molecule has 0 aliphatic carbocycles. The molecule has 2 saturated heterocycles. The van der Waals surface area contributed by atoms with Gasteiger partial charge >= 0.3 is 0 Å². The van der Waals surface area contributed by atoms with E-state index in [0.29, 0.717) is 6.04 Å². The number of hydrogen-bond donors (Lipinski definition) is 2. The molecule has 0 bridgehead atoms. The third-order valence-corrected chi connectivity index (χ3v) is 4.53. The van der Waals surface area contributed by atoms with Gasteiger partial charge in [0.1, 0.15) is 0 Å². The highest BCUT2D eigenvalue weighted by Crippen LogP contribution is 2.24. The van der Waals surface area contributed by atoms with Crippen LogP contribution >= 0.6 is 11.8 Å². The molecule has 4 heteroatoms. The molecule has 2 aliphatic heterocycles. The number of hydrogen-bond acceptors (Lipinski definition) is 3. The van der Waals surface area contributed by atoms with Crippen molar-refractivity contribution in [1.29, 1.82) is 0 Å². The van der Waals surface area contributed by atoms with Crippen LogP contribution in [0, 0.1) is 0 Å². The van der Waals surface area contributed by atoms with E-state index in [1.165, 1.54) is 25.7 Å². The summed E-state index contributed by atoms with van der Waals surface area (Å²) in [6.07, 6.45) is 6.01. The van der Waals surface area contributed by atoms with Crippen molar-refractivity contribution in [3.8, 4) is 0 Å². The first kappa shape index (κ1) is 11.3. The zero-order valence-corrected chi connectivity index (χ0v) is 9.94. The fourth-order valence-corrected chi connectivity index (χ4v) is 3.44. The number of rotatable bonds is 3. The monoisotopic (exact) mass is 228 g/mol. The summed E-state index contributed by atoms with van der Waals surface area (Å²) in [5.74, 6) is 1.41. The van der Waals surface area contributed by atoms with Gasteiger partial charge < -0.3 is 10.6 Å². The molecule has 2 aliphatic rings. The number of carbonyl (C=O) groups excluding carboxylic acids is 1. The zero-order chi connectivity index (χ0) is 10.5. The lowest BCUT2D eigenvalue weighted by molar-refractivity contribution is -0.120. The third kappa shape index (κ3) is 3.38. The van der Waals surface area contributed by atoms with E-state index in [0.717, 1.165) is 25.3 Å². The summed E-state index contributed by atoms with van der Waals surface area (Å²) in [5.41, 5.74) is 0. The molecular weight excluding hydrogens is 208 g/mol. The van der Waals surface area contributed by atoms with Gasteiger partial charge in [0.15, 0.2) is 0 Å². The Morgan fingerprint density at radius 2 is 2.27 bits per heavy atom.